The Bertz CT molecular complexity index is 894. The Labute approximate surface area is 187 Å². The van der Waals surface area contributed by atoms with Crippen LogP contribution in [0.15, 0.2) is 54.6 Å². The number of hydrogen-bond donors (Lipinski definition) is 2. The molecule has 2 aromatic rings. The van der Waals surface area contributed by atoms with Crippen molar-refractivity contribution in [3.63, 3.8) is 0 Å². The molecular formula is C24H29N3O5. The van der Waals surface area contributed by atoms with Crippen molar-refractivity contribution in [1.82, 2.24) is 15.3 Å². The Morgan fingerprint density at radius 3 is 1.91 bits per heavy atom. The highest BCUT2D eigenvalue weighted by atomic mass is 16.7. The largest absolute Gasteiger partial charge is 0.465 e. The Hall–Kier alpha value is -3.55. The molecular weight excluding hydrogens is 410 g/mol. The second kappa shape index (κ2) is 11.7. The Kier molecular flexibility index (Phi) is 8.48. The van der Waals surface area contributed by atoms with Crippen LogP contribution in [0.25, 0.3) is 0 Å². The average molecular weight is 440 g/mol. The molecule has 1 aliphatic rings. The third-order valence-electron chi connectivity index (χ3n) is 5.47. The van der Waals surface area contributed by atoms with Crippen LogP contribution in [0.5, 0.6) is 0 Å². The summed E-state index contributed by atoms with van der Waals surface area (Å²) in [6.45, 7) is 0.898. The van der Waals surface area contributed by atoms with E-state index >= 15 is 0 Å². The number of benzene rings is 2. The van der Waals surface area contributed by atoms with Gasteiger partial charge in [-0.25, -0.2) is 9.59 Å². The van der Waals surface area contributed by atoms with Crippen molar-refractivity contribution in [3.8, 4) is 0 Å². The first-order valence-corrected chi connectivity index (χ1v) is 10.9. The second-order valence-electron chi connectivity index (χ2n) is 7.84. The van der Waals surface area contributed by atoms with Gasteiger partial charge in [-0.3, -0.25) is 4.79 Å². The summed E-state index contributed by atoms with van der Waals surface area (Å²) >= 11 is 0. The minimum atomic E-state index is -1.01. The number of aryl methyl sites for hydroxylation is 2. The summed E-state index contributed by atoms with van der Waals surface area (Å²) in [7, 11) is 0. The molecule has 1 heterocycles. The molecule has 1 aliphatic heterocycles. The van der Waals surface area contributed by atoms with Gasteiger partial charge in [-0.1, -0.05) is 54.6 Å². The number of rotatable bonds is 7. The molecule has 0 spiro atoms. The van der Waals surface area contributed by atoms with E-state index in [1.54, 1.807) is 0 Å². The fraction of sp³-hybridized carbons (Fsp3) is 0.375. The lowest BCUT2D eigenvalue weighted by molar-refractivity contribution is -0.129. The summed E-state index contributed by atoms with van der Waals surface area (Å²) in [6, 6.07) is 18.3. The fourth-order valence-corrected chi connectivity index (χ4v) is 3.59. The summed E-state index contributed by atoms with van der Waals surface area (Å²) in [5, 5.41) is 8.93. The van der Waals surface area contributed by atoms with Crippen molar-refractivity contribution in [2.45, 2.75) is 32.1 Å². The van der Waals surface area contributed by atoms with Crippen LogP contribution >= 0.6 is 0 Å². The zero-order chi connectivity index (χ0) is 22.8. The molecule has 170 valence electrons. The number of nitrogens with zero attached hydrogens (tertiary/aromatic N) is 2. The molecule has 3 rings (SSSR count). The summed E-state index contributed by atoms with van der Waals surface area (Å²) in [4.78, 5) is 42.4. The van der Waals surface area contributed by atoms with E-state index in [4.69, 9.17) is 9.94 Å². The number of carboxylic acid groups (broad SMARTS) is 1. The molecule has 2 aromatic carbocycles. The average Bonchev–Trinajstić information content (AvgIpc) is 2.82. The molecule has 32 heavy (non-hydrogen) atoms. The van der Waals surface area contributed by atoms with Crippen molar-refractivity contribution in [2.24, 2.45) is 0 Å². The number of piperazine rings is 1. The number of hydroxylamine groups is 1. The van der Waals surface area contributed by atoms with E-state index in [0.29, 0.717) is 0 Å². The van der Waals surface area contributed by atoms with Crippen molar-refractivity contribution in [3.05, 3.63) is 71.3 Å². The molecule has 0 aliphatic carbocycles. The van der Waals surface area contributed by atoms with E-state index < -0.39 is 18.1 Å². The minimum Gasteiger partial charge on any atom is -0.465 e. The lowest BCUT2D eigenvalue weighted by Gasteiger charge is -2.32. The first-order valence-electron chi connectivity index (χ1n) is 10.9. The molecule has 0 bridgehead atoms. The van der Waals surface area contributed by atoms with E-state index in [1.165, 1.54) is 20.9 Å². The van der Waals surface area contributed by atoms with Crippen LogP contribution in [0.3, 0.4) is 0 Å². The zero-order valence-electron chi connectivity index (χ0n) is 18.0. The van der Waals surface area contributed by atoms with E-state index in [0.717, 1.165) is 31.2 Å². The van der Waals surface area contributed by atoms with Crippen LogP contribution in [-0.2, 0) is 28.9 Å². The summed E-state index contributed by atoms with van der Waals surface area (Å²) < 4.78 is 0. The van der Waals surface area contributed by atoms with Gasteiger partial charge < -0.3 is 19.7 Å². The lowest BCUT2D eigenvalue weighted by Crippen LogP contribution is -2.51. The Morgan fingerprint density at radius 2 is 1.31 bits per heavy atom. The number of unbranched alkanes of at least 4 members (excludes halogenated alkanes) is 1. The van der Waals surface area contributed by atoms with Crippen LogP contribution in [0.2, 0.25) is 0 Å². The molecule has 3 amide bonds. The molecule has 1 fully saturated rings. The van der Waals surface area contributed by atoms with Crippen LogP contribution in [-0.4, -0.2) is 59.2 Å². The number of amides is 3. The zero-order valence-corrected chi connectivity index (χ0v) is 18.0. The highest BCUT2D eigenvalue weighted by Gasteiger charge is 2.25. The maximum absolute atomic E-state index is 12.1. The second-order valence-corrected chi connectivity index (χ2v) is 7.84. The van der Waals surface area contributed by atoms with Crippen LogP contribution in [0, 0.1) is 0 Å². The summed E-state index contributed by atoms with van der Waals surface area (Å²) in [6.07, 6.45) is 2.71. The van der Waals surface area contributed by atoms with Crippen molar-refractivity contribution in [2.75, 3.05) is 26.2 Å². The highest BCUT2D eigenvalue weighted by Crippen LogP contribution is 2.11. The molecule has 0 atom stereocenters. The van der Waals surface area contributed by atoms with Crippen LogP contribution in [0.1, 0.15) is 29.5 Å². The first-order chi connectivity index (χ1) is 15.5. The van der Waals surface area contributed by atoms with Gasteiger partial charge in [0.15, 0.2) is 0 Å². The van der Waals surface area contributed by atoms with Gasteiger partial charge >= 0.3 is 12.2 Å². The monoisotopic (exact) mass is 439 g/mol. The first kappa shape index (κ1) is 23.1. The molecule has 8 heteroatoms. The third-order valence-corrected chi connectivity index (χ3v) is 5.47. The Morgan fingerprint density at radius 1 is 0.781 bits per heavy atom. The van der Waals surface area contributed by atoms with Gasteiger partial charge in [-0.15, -0.1) is 0 Å². The van der Waals surface area contributed by atoms with Gasteiger partial charge in [0.2, 0.25) is 0 Å². The lowest BCUT2D eigenvalue weighted by atomic mass is 10.0. The molecule has 0 unspecified atom stereocenters. The Balaban J connectivity index is 1.32. The molecule has 0 saturated carbocycles. The topological polar surface area (TPSA) is 99.2 Å². The smallest absolute Gasteiger partial charge is 0.434 e. The number of nitrogens with one attached hydrogen (secondary N) is 1. The van der Waals surface area contributed by atoms with E-state index in [9.17, 15) is 14.4 Å². The predicted octanol–water partition coefficient (Wildman–Crippen LogP) is 3.26. The van der Waals surface area contributed by atoms with E-state index in [2.05, 4.69) is 29.7 Å². The number of hydrogen-bond acceptors (Lipinski definition) is 4. The van der Waals surface area contributed by atoms with Gasteiger partial charge in [-0.05, 0) is 42.4 Å². The molecule has 0 aromatic heterocycles. The van der Waals surface area contributed by atoms with Gasteiger partial charge in [0, 0.05) is 26.2 Å². The maximum Gasteiger partial charge on any atom is 0.434 e. The van der Waals surface area contributed by atoms with E-state index in [-0.39, 0.29) is 32.6 Å². The van der Waals surface area contributed by atoms with Gasteiger partial charge in [0.05, 0.1) is 6.42 Å². The molecule has 0 radical (unpaired) electrons. The summed E-state index contributed by atoms with van der Waals surface area (Å²) in [5.41, 5.74) is 5.60. The molecule has 1 saturated heterocycles. The van der Waals surface area contributed by atoms with E-state index in [1.807, 2.05) is 30.3 Å². The number of carbonyl (C=O) groups is 3. The highest BCUT2D eigenvalue weighted by molar-refractivity contribution is 5.79. The van der Waals surface area contributed by atoms with Gasteiger partial charge in [0.1, 0.15) is 0 Å². The quantitative estimate of drug-likeness (QED) is 0.510. The number of carbonyl (C=O) groups excluding carboxylic acids is 2. The van der Waals surface area contributed by atoms with Gasteiger partial charge in [0.25, 0.3) is 5.91 Å². The van der Waals surface area contributed by atoms with Crippen molar-refractivity contribution < 1.29 is 24.3 Å². The predicted molar refractivity (Wildman–Crippen MR) is 119 cm³/mol. The SMILES string of the molecule is O=C(Cc1ccc(CCCCc2ccccc2)cc1)NOC(=O)N1CCN(C(=O)O)CC1. The fourth-order valence-electron chi connectivity index (χ4n) is 3.59. The standard InChI is InChI=1S/C24H29N3O5/c28-22(25-32-24(31)27-16-14-26(15-17-27)23(29)30)18-21-12-10-20(11-13-21)9-5-4-8-19-6-2-1-3-7-19/h1-3,6-7,10-13H,4-5,8-9,14-18H2,(H,25,28)(H,29,30). The summed E-state index contributed by atoms with van der Waals surface area (Å²) in [5.74, 6) is -0.418. The van der Waals surface area contributed by atoms with Crippen LogP contribution < -0.4 is 5.48 Å². The molecule has 2 N–H and O–H groups in total. The minimum absolute atomic E-state index is 0.106. The van der Waals surface area contributed by atoms with Crippen molar-refractivity contribution >= 4 is 18.1 Å². The molecule has 8 nitrogen and oxygen atoms in total. The van der Waals surface area contributed by atoms with Crippen LogP contribution in [0.4, 0.5) is 9.59 Å². The maximum atomic E-state index is 12.1. The normalized spacial score (nSPS) is 13.5. The van der Waals surface area contributed by atoms with Gasteiger partial charge in [-0.2, -0.15) is 5.48 Å². The van der Waals surface area contributed by atoms with Crippen molar-refractivity contribution in [1.29, 1.82) is 0 Å². The third kappa shape index (κ3) is 7.30.